The molecule has 166 valence electrons. The van der Waals surface area contributed by atoms with Gasteiger partial charge in [-0.2, -0.15) is 0 Å². The van der Waals surface area contributed by atoms with Gasteiger partial charge in [0.1, 0.15) is 0 Å². The van der Waals surface area contributed by atoms with E-state index >= 15 is 0 Å². The number of halogens is 1. The molecule has 0 saturated carbocycles. The molecule has 5 rings (SSSR count). The van der Waals surface area contributed by atoms with Gasteiger partial charge in [0, 0.05) is 22.5 Å². The zero-order chi connectivity index (χ0) is 23.5. The molecular formula is C31H25ClN2. The van der Waals surface area contributed by atoms with Gasteiger partial charge in [0.05, 0.1) is 17.1 Å². The molecule has 0 aliphatic carbocycles. The van der Waals surface area contributed by atoms with Crippen molar-refractivity contribution in [3.8, 4) is 28.2 Å². The quantitative estimate of drug-likeness (QED) is 0.233. The molecule has 2 nitrogen and oxygen atoms in total. The van der Waals surface area contributed by atoms with E-state index in [0.29, 0.717) is 0 Å². The summed E-state index contributed by atoms with van der Waals surface area (Å²) < 4.78 is 2.30. The first-order chi connectivity index (χ1) is 16.6. The summed E-state index contributed by atoms with van der Waals surface area (Å²) in [6.07, 6.45) is 1.99. The summed E-state index contributed by atoms with van der Waals surface area (Å²) in [6, 6.07) is 37.5. The van der Waals surface area contributed by atoms with Gasteiger partial charge in [0.25, 0.3) is 0 Å². The van der Waals surface area contributed by atoms with Gasteiger partial charge in [-0.25, -0.2) is 0 Å². The van der Waals surface area contributed by atoms with Crippen molar-refractivity contribution in [3.05, 3.63) is 131 Å². The lowest BCUT2D eigenvalue weighted by molar-refractivity contribution is 1.09. The maximum absolute atomic E-state index is 6.23. The largest absolute Gasteiger partial charge is 0.309 e. The molecule has 0 radical (unpaired) electrons. The van der Waals surface area contributed by atoms with Crippen LogP contribution < -0.4 is 0 Å². The van der Waals surface area contributed by atoms with Crippen LogP contribution in [0, 0.1) is 13.8 Å². The van der Waals surface area contributed by atoms with Crippen molar-refractivity contribution in [1.29, 1.82) is 0 Å². The lowest BCUT2D eigenvalue weighted by atomic mass is 10.1. The average molecular weight is 461 g/mol. The van der Waals surface area contributed by atoms with Crippen LogP contribution in [0.4, 0.5) is 5.69 Å². The number of benzene rings is 4. The van der Waals surface area contributed by atoms with Crippen molar-refractivity contribution in [1.82, 2.24) is 4.57 Å². The van der Waals surface area contributed by atoms with Gasteiger partial charge in [0.15, 0.2) is 0 Å². The van der Waals surface area contributed by atoms with Crippen molar-refractivity contribution >= 4 is 23.5 Å². The minimum atomic E-state index is 0.718. The standard InChI is InChI=1S/C31H25ClN2/c1-22-13-14-23(2)29(19-22)33-21-26-20-30(24-9-5-3-6-10-24)34(28-17-15-27(32)16-18-28)31(26)25-11-7-4-8-12-25/h3-21H,1-2H3. The summed E-state index contributed by atoms with van der Waals surface area (Å²) in [6.45, 7) is 4.19. The van der Waals surface area contributed by atoms with Crippen LogP contribution in [0.5, 0.6) is 0 Å². The number of aliphatic imine (C=N–C) groups is 1. The van der Waals surface area contributed by atoms with Gasteiger partial charge in [-0.15, -0.1) is 0 Å². The van der Waals surface area contributed by atoms with Crippen molar-refractivity contribution in [2.45, 2.75) is 13.8 Å². The Morgan fingerprint density at radius 3 is 2.03 bits per heavy atom. The van der Waals surface area contributed by atoms with Gasteiger partial charge in [-0.1, -0.05) is 84.4 Å². The summed E-state index contributed by atoms with van der Waals surface area (Å²) in [5, 5.41) is 0.718. The number of rotatable bonds is 5. The van der Waals surface area contributed by atoms with Crippen molar-refractivity contribution < 1.29 is 0 Å². The summed E-state index contributed by atoms with van der Waals surface area (Å²) in [5.74, 6) is 0. The molecule has 0 bridgehead atoms. The second-order valence-electron chi connectivity index (χ2n) is 8.43. The highest BCUT2D eigenvalue weighted by Crippen LogP contribution is 2.36. The first kappa shape index (κ1) is 21.9. The van der Waals surface area contributed by atoms with E-state index in [1.165, 1.54) is 5.56 Å². The van der Waals surface area contributed by atoms with E-state index in [4.69, 9.17) is 16.6 Å². The Hall–Kier alpha value is -3.88. The van der Waals surface area contributed by atoms with Crippen molar-refractivity contribution in [2.75, 3.05) is 0 Å². The van der Waals surface area contributed by atoms with Gasteiger partial charge in [-0.05, 0) is 72.5 Å². The number of nitrogens with zero attached hydrogens (tertiary/aromatic N) is 2. The van der Waals surface area contributed by atoms with E-state index < -0.39 is 0 Å². The number of hydrogen-bond donors (Lipinski definition) is 0. The zero-order valence-electron chi connectivity index (χ0n) is 19.2. The van der Waals surface area contributed by atoms with E-state index in [2.05, 4.69) is 103 Å². The Morgan fingerprint density at radius 2 is 1.35 bits per heavy atom. The second kappa shape index (κ2) is 9.54. The summed E-state index contributed by atoms with van der Waals surface area (Å²) in [4.78, 5) is 4.92. The SMILES string of the molecule is Cc1ccc(C)c(N=Cc2cc(-c3ccccc3)n(-c3ccc(Cl)cc3)c2-c2ccccc2)c1. The topological polar surface area (TPSA) is 17.3 Å². The molecule has 0 unspecified atom stereocenters. The van der Waals surface area contributed by atoms with E-state index in [-0.39, 0.29) is 0 Å². The van der Waals surface area contributed by atoms with Crippen LogP contribution >= 0.6 is 11.6 Å². The maximum atomic E-state index is 6.23. The lowest BCUT2D eigenvalue weighted by Crippen LogP contribution is -2.00. The van der Waals surface area contributed by atoms with E-state index in [1.807, 2.05) is 30.5 Å². The predicted octanol–water partition coefficient (Wildman–Crippen LogP) is 8.83. The van der Waals surface area contributed by atoms with Crippen LogP contribution in [-0.4, -0.2) is 10.8 Å². The minimum Gasteiger partial charge on any atom is -0.309 e. The van der Waals surface area contributed by atoms with Gasteiger partial charge < -0.3 is 4.57 Å². The Kier molecular flexibility index (Phi) is 6.16. The van der Waals surface area contributed by atoms with E-state index in [9.17, 15) is 0 Å². The van der Waals surface area contributed by atoms with Crippen LogP contribution in [-0.2, 0) is 0 Å². The predicted molar refractivity (Wildman–Crippen MR) is 145 cm³/mol. The third-order valence-electron chi connectivity index (χ3n) is 5.94. The first-order valence-electron chi connectivity index (χ1n) is 11.3. The van der Waals surface area contributed by atoms with Crippen molar-refractivity contribution in [3.63, 3.8) is 0 Å². The fourth-order valence-corrected chi connectivity index (χ4v) is 4.32. The normalized spacial score (nSPS) is 11.3. The second-order valence-corrected chi connectivity index (χ2v) is 8.86. The lowest BCUT2D eigenvalue weighted by Gasteiger charge is -2.15. The van der Waals surface area contributed by atoms with E-state index in [0.717, 1.165) is 50.0 Å². The Bertz CT molecular complexity index is 1450. The molecule has 5 aromatic rings. The smallest absolute Gasteiger partial charge is 0.0661 e. The molecule has 0 atom stereocenters. The minimum absolute atomic E-state index is 0.718. The molecule has 0 saturated heterocycles. The third-order valence-corrected chi connectivity index (χ3v) is 6.19. The first-order valence-corrected chi connectivity index (χ1v) is 11.7. The highest BCUT2D eigenvalue weighted by atomic mass is 35.5. The van der Waals surface area contributed by atoms with Crippen LogP contribution in [0.1, 0.15) is 16.7 Å². The molecule has 1 heterocycles. The van der Waals surface area contributed by atoms with Crippen LogP contribution in [0.2, 0.25) is 5.02 Å². The zero-order valence-corrected chi connectivity index (χ0v) is 20.0. The molecule has 1 aromatic heterocycles. The van der Waals surface area contributed by atoms with Crippen LogP contribution in [0.3, 0.4) is 0 Å². The molecule has 34 heavy (non-hydrogen) atoms. The molecule has 0 aliphatic rings. The maximum Gasteiger partial charge on any atom is 0.0661 e. The highest BCUT2D eigenvalue weighted by molar-refractivity contribution is 6.30. The molecule has 0 aliphatic heterocycles. The molecule has 0 amide bonds. The molecule has 0 fully saturated rings. The number of aryl methyl sites for hydroxylation is 2. The molecule has 4 aromatic carbocycles. The Morgan fingerprint density at radius 1 is 0.706 bits per heavy atom. The van der Waals surface area contributed by atoms with Gasteiger partial charge in [0.2, 0.25) is 0 Å². The molecule has 3 heteroatoms. The molecular weight excluding hydrogens is 436 g/mol. The summed E-state index contributed by atoms with van der Waals surface area (Å²) >= 11 is 6.23. The van der Waals surface area contributed by atoms with E-state index in [1.54, 1.807) is 0 Å². The van der Waals surface area contributed by atoms with Gasteiger partial charge in [-0.3, -0.25) is 4.99 Å². The number of aromatic nitrogens is 1. The molecule has 0 N–H and O–H groups in total. The van der Waals surface area contributed by atoms with Crippen LogP contribution in [0.25, 0.3) is 28.2 Å². The molecule has 0 spiro atoms. The summed E-state index contributed by atoms with van der Waals surface area (Å²) in [5.41, 5.74) is 9.91. The summed E-state index contributed by atoms with van der Waals surface area (Å²) in [7, 11) is 0. The van der Waals surface area contributed by atoms with Gasteiger partial charge >= 0.3 is 0 Å². The average Bonchev–Trinajstić information content (AvgIpc) is 3.25. The Labute approximate surface area is 205 Å². The fourth-order valence-electron chi connectivity index (χ4n) is 4.20. The third kappa shape index (κ3) is 4.46. The van der Waals surface area contributed by atoms with Crippen molar-refractivity contribution in [2.24, 2.45) is 4.99 Å². The number of hydrogen-bond acceptors (Lipinski definition) is 1. The fraction of sp³-hybridized carbons (Fsp3) is 0.0645. The van der Waals surface area contributed by atoms with Crippen LogP contribution in [0.15, 0.2) is 114 Å². The highest BCUT2D eigenvalue weighted by Gasteiger charge is 2.18. The Balaban J connectivity index is 1.78. The monoisotopic (exact) mass is 460 g/mol.